The van der Waals surface area contributed by atoms with Crippen molar-refractivity contribution >= 4 is 89.1 Å². The summed E-state index contributed by atoms with van der Waals surface area (Å²) in [7, 11) is 0. The Morgan fingerprint density at radius 3 is 0.694 bits per heavy atom. The molecule has 0 saturated carbocycles. The highest BCUT2D eigenvalue weighted by molar-refractivity contribution is 6.07. The molecule has 6 aromatic carbocycles. The van der Waals surface area contributed by atoms with E-state index in [-0.39, 0.29) is 94.5 Å². The first kappa shape index (κ1) is 101. The zero-order valence-corrected chi connectivity index (χ0v) is 75.2. The predicted octanol–water partition coefficient (Wildman–Crippen LogP) is 14.9. The number of nitrogens with one attached hydrogen (secondary N) is 6. The van der Waals surface area contributed by atoms with E-state index in [1.165, 1.54) is 0 Å². The minimum atomic E-state index is -1.54. The Kier molecular flexibility index (Phi) is 37.6. The number of unbranched alkanes of at least 4 members (excludes halogenated alkanes) is 3. The van der Waals surface area contributed by atoms with Crippen LogP contribution >= 0.6 is 0 Å². The van der Waals surface area contributed by atoms with Crippen molar-refractivity contribution in [2.45, 2.75) is 277 Å². The molecule has 124 heavy (non-hydrogen) atoms. The molecular weight excluding hydrogens is 1590 g/mol. The molecule has 0 aliphatic rings. The van der Waals surface area contributed by atoms with Crippen molar-refractivity contribution in [1.29, 1.82) is 0 Å². The number of imide groups is 3. The summed E-state index contributed by atoms with van der Waals surface area (Å²) >= 11 is 0. The molecule has 0 heterocycles. The predicted molar refractivity (Wildman–Crippen MR) is 475 cm³/mol. The van der Waals surface area contributed by atoms with Crippen LogP contribution in [0.1, 0.15) is 222 Å². The van der Waals surface area contributed by atoms with E-state index in [1.54, 1.807) is 288 Å². The minimum absolute atomic E-state index is 0.0825. The smallest absolute Gasteiger partial charge is 0.417 e. The number of anilines is 3. The van der Waals surface area contributed by atoms with Gasteiger partial charge in [0.25, 0.3) is 17.7 Å². The van der Waals surface area contributed by atoms with Gasteiger partial charge in [-0.1, -0.05) is 127 Å². The lowest BCUT2D eigenvalue weighted by atomic mass is 9.85. The molecule has 6 aromatic rings. The largest absolute Gasteiger partial charge is 0.444 e. The van der Waals surface area contributed by atoms with Crippen LogP contribution in [0.5, 0.6) is 0 Å². The number of benzene rings is 6. The molecule has 0 fully saturated rings. The van der Waals surface area contributed by atoms with Gasteiger partial charge in [-0.3, -0.25) is 28.8 Å². The van der Waals surface area contributed by atoms with Gasteiger partial charge in [0.15, 0.2) is 0 Å². The van der Waals surface area contributed by atoms with Crippen LogP contribution in [0.15, 0.2) is 164 Å². The van der Waals surface area contributed by atoms with E-state index in [9.17, 15) is 28.8 Å². The molecule has 0 aromatic heterocycles. The first-order chi connectivity index (χ1) is 58.0. The zero-order chi connectivity index (χ0) is 92.1. The lowest BCUT2D eigenvalue weighted by Gasteiger charge is -2.34. The standard InChI is InChI=1S/C94H130N12O18/c1-89(2,3)119-83(113)101-70(58-61-34-22-19-23-35-61)80(110)104(86(116)122-92(10,11)12)73(40-28-31-55-95)77(107)98-67-49-43-64(44-50-67)76(65-45-51-68(52-46-65)99-78(108)74(41-29-32-56-96)105(87(117)123-93(13,14)15)81(111)71(59-62-36-24-20-25-37-62)102-84(114)120-90(4,5)6)66-47-53-69(54-48-66)100-79(109)75(42-30-33-57-97)106(88(118)124-94(16,17)18)82(112)72(60-63-38-26-21-27-39-63)103-85(115)121-91(7,8)9/h19-27,34-39,43-54,70-76H,28-33,40-42,55-60,95-97H2,1-18H3,(H,98,107)(H,99,108)(H,100,109)(H,101,113)(H,102,114)(H,103,115)/t70-,71-,72-,73-,74-,75-/m0/s1. The van der Waals surface area contributed by atoms with Crippen molar-refractivity contribution in [3.8, 4) is 0 Å². The summed E-state index contributed by atoms with van der Waals surface area (Å²) in [5, 5.41) is 16.8. The van der Waals surface area contributed by atoms with Crippen LogP contribution in [0.4, 0.5) is 45.8 Å². The van der Waals surface area contributed by atoms with Crippen molar-refractivity contribution in [2.75, 3.05) is 35.6 Å². The maximum absolute atomic E-state index is 15.3. The summed E-state index contributed by atoms with van der Waals surface area (Å²) in [5.41, 5.74) is 15.8. The first-order valence-electron chi connectivity index (χ1n) is 42.2. The van der Waals surface area contributed by atoms with Gasteiger partial charge in [0.05, 0.1) is 0 Å². The summed E-state index contributed by atoms with van der Waals surface area (Å²) in [4.78, 5) is 179. The van der Waals surface area contributed by atoms with Crippen LogP contribution in [0.2, 0.25) is 0 Å². The maximum atomic E-state index is 15.3. The fourth-order valence-electron chi connectivity index (χ4n) is 13.2. The third-order valence-corrected chi connectivity index (χ3v) is 18.5. The molecule has 0 bridgehead atoms. The maximum Gasteiger partial charge on any atom is 0.417 e. The average Bonchev–Trinajstić information content (AvgIpc) is 0.808. The summed E-state index contributed by atoms with van der Waals surface area (Å²) < 4.78 is 34.5. The fraction of sp³-hybridized carbons (Fsp3) is 0.489. The van der Waals surface area contributed by atoms with Crippen LogP contribution in [0.3, 0.4) is 0 Å². The second-order valence-corrected chi connectivity index (χ2v) is 36.4. The number of carbonyl (C=O) groups excluding carboxylic acids is 12. The van der Waals surface area contributed by atoms with Gasteiger partial charge in [-0.25, -0.2) is 43.5 Å². The van der Waals surface area contributed by atoms with Crippen molar-refractivity contribution in [3.05, 3.63) is 197 Å². The molecule has 12 amide bonds. The lowest BCUT2D eigenvalue weighted by molar-refractivity contribution is -0.140. The monoisotopic (exact) mass is 1710 g/mol. The summed E-state index contributed by atoms with van der Waals surface area (Å²) in [5.74, 6) is -5.99. The van der Waals surface area contributed by atoms with Crippen LogP contribution in [0.25, 0.3) is 0 Å². The topological polar surface area (TPSA) is 420 Å². The van der Waals surface area contributed by atoms with E-state index in [2.05, 4.69) is 31.9 Å². The van der Waals surface area contributed by atoms with E-state index in [0.717, 1.165) is 14.7 Å². The van der Waals surface area contributed by atoms with Gasteiger partial charge in [0, 0.05) is 42.2 Å². The Morgan fingerprint density at radius 2 is 0.500 bits per heavy atom. The summed E-state index contributed by atoms with van der Waals surface area (Å²) in [6.07, 6.45) is -4.92. The van der Waals surface area contributed by atoms with Gasteiger partial charge in [-0.2, -0.15) is 0 Å². The molecular formula is C94H130N12O18. The molecule has 0 radical (unpaired) electrons. The molecule has 0 unspecified atom stereocenters. The number of rotatable bonds is 36. The van der Waals surface area contributed by atoms with E-state index in [1.807, 2.05) is 0 Å². The zero-order valence-electron chi connectivity index (χ0n) is 75.2. The Balaban J connectivity index is 1.50. The molecule has 0 aliphatic heterocycles. The summed E-state index contributed by atoms with van der Waals surface area (Å²) in [6.45, 7) is 30.0. The Hall–Kier alpha value is -11.8. The van der Waals surface area contributed by atoms with E-state index in [0.29, 0.717) is 52.6 Å². The molecule has 30 heteroatoms. The van der Waals surface area contributed by atoms with Crippen LogP contribution in [0, 0.1) is 0 Å². The molecule has 6 rings (SSSR count). The molecule has 6 atom stereocenters. The molecule has 0 saturated heterocycles. The van der Waals surface area contributed by atoms with Gasteiger partial charge in [-0.05, 0) is 272 Å². The number of nitrogens with zero attached hydrogens (tertiary/aromatic N) is 3. The van der Waals surface area contributed by atoms with E-state index >= 15 is 28.8 Å². The molecule has 674 valence electrons. The van der Waals surface area contributed by atoms with Gasteiger partial charge in [0.2, 0.25) is 17.7 Å². The Morgan fingerprint density at radius 1 is 0.290 bits per heavy atom. The lowest BCUT2D eigenvalue weighted by Crippen LogP contribution is -2.58. The van der Waals surface area contributed by atoms with Crippen molar-refractivity contribution in [3.63, 3.8) is 0 Å². The van der Waals surface area contributed by atoms with Crippen molar-refractivity contribution in [2.24, 2.45) is 17.2 Å². The average molecular weight is 1720 g/mol. The highest BCUT2D eigenvalue weighted by Crippen LogP contribution is 2.36. The molecule has 0 spiro atoms. The number of hydrogen-bond acceptors (Lipinski definition) is 21. The molecule has 0 aliphatic carbocycles. The highest BCUT2D eigenvalue weighted by atomic mass is 16.6. The fourth-order valence-corrected chi connectivity index (χ4v) is 13.2. The number of alkyl carbamates (subject to hydrolysis) is 3. The third-order valence-electron chi connectivity index (χ3n) is 18.5. The van der Waals surface area contributed by atoms with Gasteiger partial charge in [-0.15, -0.1) is 0 Å². The quantitative estimate of drug-likeness (QED) is 0.0100. The summed E-state index contributed by atoms with van der Waals surface area (Å²) in [6, 6.07) is 37.5. The van der Waals surface area contributed by atoms with Crippen molar-refractivity contribution in [1.82, 2.24) is 30.7 Å². The highest BCUT2D eigenvalue weighted by Gasteiger charge is 2.46. The van der Waals surface area contributed by atoms with E-state index in [4.69, 9.17) is 45.6 Å². The van der Waals surface area contributed by atoms with Gasteiger partial charge >= 0.3 is 36.6 Å². The number of ether oxygens (including phenoxy) is 6. The van der Waals surface area contributed by atoms with Gasteiger partial charge < -0.3 is 77.5 Å². The Bertz CT molecular complexity index is 4060. The van der Waals surface area contributed by atoms with Gasteiger partial charge in [0.1, 0.15) is 69.9 Å². The second kappa shape index (κ2) is 46.1. The molecule has 30 nitrogen and oxygen atoms in total. The number of amides is 12. The number of nitrogens with two attached hydrogens (primary N) is 3. The van der Waals surface area contributed by atoms with Crippen LogP contribution in [-0.4, -0.2) is 176 Å². The second-order valence-electron chi connectivity index (χ2n) is 36.4. The SMILES string of the molecule is CC(C)(C)OC(=O)N[C@@H](Cc1ccccc1)C(=O)N(C(=O)OC(C)(C)C)[C@@H](CCCCN)C(=O)Nc1ccc(C(c2ccc(NC(=O)[C@H](CCCCN)N(C(=O)OC(C)(C)C)C(=O)[C@H](Cc3ccccc3)NC(=O)OC(C)(C)C)cc2)c2ccc(NC(=O)[C@H](CCCCN)N(C(=O)OC(C)(C)C)C(=O)[C@H](Cc3ccccc3)NC(=O)OC(C)(C)C)cc2)cc1. The third kappa shape index (κ3) is 34.5. The molecule has 12 N–H and O–H groups in total. The van der Waals surface area contributed by atoms with Crippen LogP contribution < -0.4 is 49.1 Å². The van der Waals surface area contributed by atoms with Crippen molar-refractivity contribution < 1.29 is 86.0 Å². The first-order valence-corrected chi connectivity index (χ1v) is 42.2. The minimum Gasteiger partial charge on any atom is -0.444 e. The Labute approximate surface area is 729 Å². The number of hydrogen-bond donors (Lipinski definition) is 9. The van der Waals surface area contributed by atoms with E-state index < -0.39 is 148 Å². The van der Waals surface area contributed by atoms with Crippen LogP contribution in [-0.2, 0) is 76.5 Å². The number of carbonyl (C=O) groups is 12. The normalized spacial score (nSPS) is 13.3.